The number of carbonyl (C=O) groups is 2. The number of nitrogens with one attached hydrogen (secondary N) is 1. The van der Waals surface area contributed by atoms with Crippen LogP contribution in [0.3, 0.4) is 0 Å². The topological polar surface area (TPSA) is 91.8 Å². The molecule has 2 N–H and O–H groups in total. The van der Waals surface area contributed by atoms with Crippen LogP contribution in [0.4, 0.5) is 9.93 Å². The Balaban J connectivity index is 1.59. The number of urea groups is 1. The van der Waals surface area contributed by atoms with E-state index in [1.807, 2.05) is 4.90 Å². The smallest absolute Gasteiger partial charge is 0.323 e. The second-order valence-electron chi connectivity index (χ2n) is 7.82. The Bertz CT molecular complexity index is 800. The number of anilines is 1. The second kappa shape index (κ2) is 12.3. The van der Waals surface area contributed by atoms with E-state index in [0.717, 1.165) is 55.6 Å². The lowest BCUT2D eigenvalue weighted by atomic mass is 9.91. The van der Waals surface area contributed by atoms with Crippen molar-refractivity contribution in [1.82, 2.24) is 9.88 Å². The summed E-state index contributed by atoms with van der Waals surface area (Å²) >= 11 is 2.52. The zero-order valence-electron chi connectivity index (χ0n) is 17.9. The maximum atomic E-state index is 13.1. The lowest BCUT2D eigenvalue weighted by Crippen LogP contribution is -2.45. The number of hydrogen-bond donors (Lipinski definition) is 2. The normalized spacial score (nSPS) is 20.9. The average molecular weight is 466 g/mol. The molecule has 170 valence electrons. The molecule has 2 amide bonds. The number of aliphatic carboxylic acids is 1. The number of carbonyl (C=O) groups excluding carboxylic acids is 1. The summed E-state index contributed by atoms with van der Waals surface area (Å²) in [6.45, 7) is 0.700. The second-order valence-corrected chi connectivity index (χ2v) is 10.1. The van der Waals surface area contributed by atoms with Crippen molar-refractivity contribution in [3.05, 3.63) is 30.0 Å². The number of rotatable bonds is 10. The van der Waals surface area contributed by atoms with Crippen molar-refractivity contribution < 1.29 is 19.4 Å². The van der Waals surface area contributed by atoms with Gasteiger partial charge in [0.25, 0.3) is 0 Å². The number of amides is 2. The molecule has 1 aromatic heterocycles. The molecule has 0 aliphatic heterocycles. The third-order valence-electron chi connectivity index (χ3n) is 5.65. The van der Waals surface area contributed by atoms with Gasteiger partial charge in [-0.2, -0.15) is 0 Å². The van der Waals surface area contributed by atoms with Crippen LogP contribution in [0, 0.1) is 0 Å². The van der Waals surface area contributed by atoms with Crippen LogP contribution in [0.15, 0.2) is 34.2 Å². The Morgan fingerprint density at radius 3 is 2.81 bits per heavy atom. The average Bonchev–Trinajstić information content (AvgIpc) is 3.23. The van der Waals surface area contributed by atoms with Gasteiger partial charge in [0.15, 0.2) is 5.13 Å². The van der Waals surface area contributed by atoms with Crippen LogP contribution >= 0.6 is 23.1 Å². The van der Waals surface area contributed by atoms with Crippen LogP contribution in [-0.2, 0) is 9.53 Å². The van der Waals surface area contributed by atoms with Crippen LogP contribution in [0.1, 0.15) is 51.4 Å². The number of ether oxygens (including phenoxy) is 1. The number of hydrogen-bond acceptors (Lipinski definition) is 6. The molecule has 0 aromatic carbocycles. The van der Waals surface area contributed by atoms with Crippen molar-refractivity contribution in [3.8, 4) is 0 Å². The van der Waals surface area contributed by atoms with E-state index in [1.54, 1.807) is 13.3 Å². The molecule has 7 nitrogen and oxygen atoms in total. The van der Waals surface area contributed by atoms with Crippen molar-refractivity contribution >= 4 is 40.2 Å². The van der Waals surface area contributed by atoms with E-state index in [2.05, 4.69) is 28.5 Å². The maximum Gasteiger partial charge on any atom is 0.323 e. The molecule has 2 aliphatic carbocycles. The van der Waals surface area contributed by atoms with Gasteiger partial charge < -0.3 is 14.7 Å². The van der Waals surface area contributed by atoms with Gasteiger partial charge in [-0.15, -0.1) is 11.8 Å². The first-order valence-electron chi connectivity index (χ1n) is 10.8. The number of allylic oxidation sites excluding steroid dienone is 4. The van der Waals surface area contributed by atoms with Gasteiger partial charge in [0, 0.05) is 19.7 Å². The van der Waals surface area contributed by atoms with Gasteiger partial charge in [0.05, 0.1) is 22.3 Å². The molecule has 1 fully saturated rings. The Labute approximate surface area is 191 Å². The van der Waals surface area contributed by atoms with E-state index >= 15 is 0 Å². The van der Waals surface area contributed by atoms with Crippen LogP contribution < -0.4 is 5.32 Å². The monoisotopic (exact) mass is 465 g/mol. The summed E-state index contributed by atoms with van der Waals surface area (Å²) < 4.78 is 6.27. The fourth-order valence-corrected chi connectivity index (χ4v) is 5.61. The molecule has 0 radical (unpaired) electrons. The molecule has 0 spiro atoms. The van der Waals surface area contributed by atoms with Crippen molar-refractivity contribution in [2.24, 2.45) is 0 Å². The van der Waals surface area contributed by atoms with Crippen LogP contribution in [0.25, 0.3) is 0 Å². The molecule has 1 aromatic rings. The van der Waals surface area contributed by atoms with Crippen molar-refractivity contribution in [3.63, 3.8) is 0 Å². The first kappa shape index (κ1) is 23.8. The highest BCUT2D eigenvalue weighted by molar-refractivity contribution is 8.01. The Morgan fingerprint density at radius 1 is 1.32 bits per heavy atom. The predicted octanol–water partition coefficient (Wildman–Crippen LogP) is 5.17. The van der Waals surface area contributed by atoms with Crippen LogP contribution in [0.5, 0.6) is 0 Å². The summed E-state index contributed by atoms with van der Waals surface area (Å²) in [7, 11) is 1.75. The van der Waals surface area contributed by atoms with Crippen molar-refractivity contribution in [2.45, 2.75) is 67.7 Å². The SMILES string of the molecule is COC1CCC(N(CCCC2=CCCC=C2)C(=O)Nc2ncc(SCC(=O)O)s2)CC1. The largest absolute Gasteiger partial charge is 0.481 e. The molecule has 0 atom stereocenters. The van der Waals surface area contributed by atoms with Gasteiger partial charge in [-0.1, -0.05) is 35.1 Å². The summed E-state index contributed by atoms with van der Waals surface area (Å²) in [4.78, 5) is 30.1. The third-order valence-corrected chi connectivity index (χ3v) is 7.74. The molecule has 31 heavy (non-hydrogen) atoms. The first-order chi connectivity index (χ1) is 15.0. The molecule has 0 saturated heterocycles. The minimum Gasteiger partial charge on any atom is -0.481 e. The predicted molar refractivity (Wildman–Crippen MR) is 125 cm³/mol. The van der Waals surface area contributed by atoms with Crippen molar-refractivity contribution in [2.75, 3.05) is 24.7 Å². The third kappa shape index (κ3) is 7.66. The highest BCUT2D eigenvalue weighted by Gasteiger charge is 2.29. The maximum absolute atomic E-state index is 13.1. The number of carboxylic acids is 1. The Kier molecular flexibility index (Phi) is 9.42. The fourth-order valence-electron chi connectivity index (χ4n) is 4.03. The highest BCUT2D eigenvalue weighted by atomic mass is 32.2. The minimum atomic E-state index is -0.871. The first-order valence-corrected chi connectivity index (χ1v) is 12.6. The van der Waals surface area contributed by atoms with E-state index in [0.29, 0.717) is 11.7 Å². The number of nitrogens with zero attached hydrogens (tertiary/aromatic N) is 2. The minimum absolute atomic E-state index is 0.0191. The molecule has 0 unspecified atom stereocenters. The number of methoxy groups -OCH3 is 1. The van der Waals surface area contributed by atoms with Crippen molar-refractivity contribution in [1.29, 1.82) is 0 Å². The molecule has 1 saturated carbocycles. The quantitative estimate of drug-likeness (QED) is 0.463. The lowest BCUT2D eigenvalue weighted by molar-refractivity contribution is -0.133. The number of thiazole rings is 1. The molecular weight excluding hydrogens is 434 g/mol. The molecule has 2 aliphatic rings. The van der Waals surface area contributed by atoms with E-state index in [1.165, 1.54) is 28.7 Å². The number of thioether (sulfide) groups is 1. The number of carboxylic acid groups (broad SMARTS) is 1. The summed E-state index contributed by atoms with van der Waals surface area (Å²) in [5.74, 6) is -0.890. The van der Waals surface area contributed by atoms with E-state index < -0.39 is 5.97 Å². The van der Waals surface area contributed by atoms with Crippen LogP contribution in [0.2, 0.25) is 0 Å². The standard InChI is InChI=1S/C22H31N3O4S2/c1-29-18-11-9-17(10-12-18)25(13-5-8-16-6-3-2-4-7-16)22(28)24-21-23-14-20(31-21)30-15-19(26)27/h3,6-7,14,17-18H,2,4-5,8-13,15H2,1H3,(H,26,27)(H,23,24,28). The Hall–Kier alpha value is -1.84. The zero-order valence-corrected chi connectivity index (χ0v) is 19.6. The van der Waals surface area contributed by atoms with Gasteiger partial charge in [-0.3, -0.25) is 10.1 Å². The molecule has 0 bridgehead atoms. The van der Waals surface area contributed by atoms with E-state index in [4.69, 9.17) is 9.84 Å². The van der Waals surface area contributed by atoms with E-state index in [-0.39, 0.29) is 23.9 Å². The van der Waals surface area contributed by atoms with E-state index in [9.17, 15) is 9.59 Å². The molecular formula is C22H31N3O4S2. The summed E-state index contributed by atoms with van der Waals surface area (Å²) in [6, 6.07) is 0.0706. The zero-order chi connectivity index (χ0) is 22.1. The number of aromatic nitrogens is 1. The van der Waals surface area contributed by atoms with Gasteiger partial charge in [0.2, 0.25) is 0 Å². The van der Waals surface area contributed by atoms with Gasteiger partial charge in [0.1, 0.15) is 0 Å². The highest BCUT2D eigenvalue weighted by Crippen LogP contribution is 2.30. The molecule has 3 rings (SSSR count). The molecule has 9 heteroatoms. The van der Waals surface area contributed by atoms with Gasteiger partial charge >= 0.3 is 12.0 Å². The van der Waals surface area contributed by atoms with Gasteiger partial charge in [-0.05, 0) is 51.4 Å². The fraction of sp³-hybridized carbons (Fsp3) is 0.591. The van der Waals surface area contributed by atoms with Gasteiger partial charge in [-0.25, -0.2) is 9.78 Å². The van der Waals surface area contributed by atoms with Crippen LogP contribution in [-0.4, -0.2) is 58.5 Å². The Morgan fingerprint density at radius 2 is 2.13 bits per heavy atom. The summed E-state index contributed by atoms with van der Waals surface area (Å²) in [6.07, 6.45) is 16.5. The molecule has 1 heterocycles. The lowest BCUT2D eigenvalue weighted by Gasteiger charge is -2.36. The summed E-state index contributed by atoms with van der Waals surface area (Å²) in [5, 5.41) is 12.3. The summed E-state index contributed by atoms with van der Waals surface area (Å²) in [5.41, 5.74) is 1.36.